The van der Waals surface area contributed by atoms with Crippen LogP contribution in [0.1, 0.15) is 37.5 Å². The molecule has 1 aliphatic carbocycles. The Morgan fingerprint density at radius 1 is 0.869 bits per heavy atom. The monoisotopic (exact) mass is 830 g/mol. The van der Waals surface area contributed by atoms with Crippen molar-refractivity contribution in [2.24, 2.45) is 0 Å². The molecule has 0 radical (unpaired) electrons. The van der Waals surface area contributed by atoms with Gasteiger partial charge in [-0.05, 0) is 62.9 Å². The van der Waals surface area contributed by atoms with Crippen LogP contribution in [0, 0.1) is 24.4 Å². The number of carbonyl (C=O) groups excluding carboxylic acids is 1. The molecule has 5 atom stereocenters. The van der Waals surface area contributed by atoms with Gasteiger partial charge < -0.3 is 29.3 Å². The third-order valence-corrected chi connectivity index (χ3v) is 12.8. The molecule has 1 saturated carbocycles. The highest BCUT2D eigenvalue weighted by molar-refractivity contribution is 5.94. The number of piperidine rings is 1. The van der Waals surface area contributed by atoms with Crippen LogP contribution in [-0.2, 0) is 16.1 Å². The molecule has 1 amide bonds. The van der Waals surface area contributed by atoms with Crippen molar-refractivity contribution in [1.29, 1.82) is 0 Å². The van der Waals surface area contributed by atoms with E-state index < -0.39 is 29.6 Å². The summed E-state index contributed by atoms with van der Waals surface area (Å²) in [5.74, 6) is 0.0431. The molecule has 312 valence electrons. The van der Waals surface area contributed by atoms with Crippen molar-refractivity contribution in [3.05, 3.63) is 90.7 Å². The Balaban J connectivity index is 1.02. The number of carbonyl (C=O) groups is 1. The second kappa shape index (κ2) is 14.2. The smallest absolute Gasteiger partial charge is 0.245 e. The van der Waals surface area contributed by atoms with Gasteiger partial charge in [0.15, 0.2) is 11.5 Å². The van der Waals surface area contributed by atoms with Crippen LogP contribution in [0.4, 0.5) is 30.8 Å². The average Bonchev–Trinajstić information content (AvgIpc) is 4.07. The summed E-state index contributed by atoms with van der Waals surface area (Å²) in [4.78, 5) is 44.9. The van der Waals surface area contributed by atoms with E-state index >= 15 is 8.78 Å². The van der Waals surface area contributed by atoms with Crippen molar-refractivity contribution in [2.75, 3.05) is 42.4 Å². The van der Waals surface area contributed by atoms with Crippen molar-refractivity contribution in [3.63, 3.8) is 0 Å². The Labute approximate surface area is 347 Å². The minimum Gasteiger partial charge on any atom is -0.378 e. The number of anilines is 3. The molecule has 4 aliphatic heterocycles. The lowest BCUT2D eigenvalue weighted by Gasteiger charge is -2.55. The van der Waals surface area contributed by atoms with E-state index in [1.165, 1.54) is 28.9 Å². The number of likely N-dealkylation sites (N-methyl/N-ethyl adjacent to an activating group) is 1. The topological polar surface area (TPSA) is 153 Å². The SMILES string of the molecule is COC1CN(C)C(=O)C2CC(CN2c2nc(N3C4CC3CC(n3cncn3)C4)nc3c2cnn3-c2ccc(F)cc2F)Nc2cccc(n2)-c2cc(F)cc3nc(C)n(c23)C1. The number of ether oxygens (including phenoxy) is 1. The molecule has 1 N–H and O–H groups in total. The first kappa shape index (κ1) is 37.4. The minimum absolute atomic E-state index is 0.0280. The maximum Gasteiger partial charge on any atom is 0.245 e. The van der Waals surface area contributed by atoms with Crippen LogP contribution in [0.25, 0.3) is 39.0 Å². The van der Waals surface area contributed by atoms with Crippen molar-refractivity contribution in [3.8, 4) is 16.9 Å². The number of nitrogens with one attached hydrogen (secondary N) is 1. The molecule has 16 nitrogen and oxygen atoms in total. The standard InChI is InChI=1S/C42H41F3N14O2/c1-22-49-34-11-24(44)9-30-33-5-4-6-37(51-33)50-25-12-36(41(60)54(2)18-29(61-3)19-55(22)38(30)34)56(17-25)39-31-16-47-59(35-8-7-23(43)10-32(35)45)40(31)53-42(52-39)58-27-13-26(14-28(58)15-27)57-21-46-20-48-57/h4-11,16,20-21,25-29,36H,12-15,17-19H2,1-3H3,(H,50,51). The van der Waals surface area contributed by atoms with E-state index in [4.69, 9.17) is 24.7 Å². The van der Waals surface area contributed by atoms with E-state index in [0.29, 0.717) is 70.7 Å². The molecule has 4 fully saturated rings. The summed E-state index contributed by atoms with van der Waals surface area (Å²) >= 11 is 0. The maximum atomic E-state index is 15.5. The van der Waals surface area contributed by atoms with Crippen molar-refractivity contribution in [1.82, 2.24) is 53.9 Å². The maximum absolute atomic E-state index is 15.5. The highest BCUT2D eigenvalue weighted by atomic mass is 19.1. The number of nitrogens with zero attached hydrogens (tertiary/aromatic N) is 13. The lowest BCUT2D eigenvalue weighted by atomic mass is 9.77. The number of imidazole rings is 1. The molecule has 3 saturated heterocycles. The van der Waals surface area contributed by atoms with Crippen molar-refractivity contribution in [2.45, 2.75) is 75.5 Å². The second-order valence-electron chi connectivity index (χ2n) is 16.5. The number of aryl methyl sites for hydroxylation is 1. The largest absolute Gasteiger partial charge is 0.378 e. The van der Waals surface area contributed by atoms with Crippen LogP contribution in [0.5, 0.6) is 0 Å². The molecule has 12 rings (SSSR count). The predicted octanol–water partition coefficient (Wildman–Crippen LogP) is 5.07. The predicted molar refractivity (Wildman–Crippen MR) is 219 cm³/mol. The number of pyridine rings is 1. The van der Waals surface area contributed by atoms with Crippen LogP contribution in [0.2, 0.25) is 0 Å². The molecule has 7 aromatic rings. The molecular formula is C42H41F3N14O2. The van der Waals surface area contributed by atoms with Crippen LogP contribution in [0.15, 0.2) is 67.4 Å². The Kier molecular flexibility index (Phi) is 8.73. The first-order valence-electron chi connectivity index (χ1n) is 20.4. The van der Waals surface area contributed by atoms with E-state index in [0.717, 1.165) is 30.8 Å². The summed E-state index contributed by atoms with van der Waals surface area (Å²) in [6.07, 6.45) is 7.34. The second-order valence-corrected chi connectivity index (χ2v) is 16.5. The van der Waals surface area contributed by atoms with Gasteiger partial charge in [0, 0.05) is 63.1 Å². The number of aromatic nitrogens is 10. The van der Waals surface area contributed by atoms with Crippen LogP contribution >= 0.6 is 0 Å². The van der Waals surface area contributed by atoms with Gasteiger partial charge in [0.05, 0.1) is 47.0 Å². The summed E-state index contributed by atoms with van der Waals surface area (Å²) in [7, 11) is 3.37. The van der Waals surface area contributed by atoms with Gasteiger partial charge >= 0.3 is 0 Å². The van der Waals surface area contributed by atoms with Gasteiger partial charge in [-0.3, -0.25) is 4.79 Å². The number of hydrogen-bond acceptors (Lipinski definition) is 12. The summed E-state index contributed by atoms with van der Waals surface area (Å²) in [6.45, 7) is 2.79. The number of rotatable bonds is 5. The third kappa shape index (κ3) is 6.23. The quantitative estimate of drug-likeness (QED) is 0.247. The fourth-order valence-electron chi connectivity index (χ4n) is 9.95. The Morgan fingerprint density at radius 3 is 2.49 bits per heavy atom. The highest BCUT2D eigenvalue weighted by Crippen LogP contribution is 2.46. The molecule has 61 heavy (non-hydrogen) atoms. The zero-order valence-electron chi connectivity index (χ0n) is 33.5. The third-order valence-electron chi connectivity index (χ3n) is 12.8. The fourth-order valence-corrected chi connectivity index (χ4v) is 9.95. The lowest BCUT2D eigenvalue weighted by Crippen LogP contribution is -2.62. The van der Waals surface area contributed by atoms with Gasteiger partial charge in [0.1, 0.15) is 53.5 Å². The fraction of sp³-hybridized carbons (Fsp3) is 0.381. The first-order chi connectivity index (χ1) is 29.6. The molecule has 0 spiro atoms. The van der Waals surface area contributed by atoms with Gasteiger partial charge in [0.2, 0.25) is 11.9 Å². The minimum atomic E-state index is -0.795. The number of halogens is 3. The zero-order chi connectivity index (χ0) is 41.7. The highest BCUT2D eigenvalue weighted by Gasteiger charge is 2.48. The van der Waals surface area contributed by atoms with Gasteiger partial charge in [0.25, 0.3) is 0 Å². The number of fused-ring (bicyclic) bond motifs is 8. The summed E-state index contributed by atoms with van der Waals surface area (Å²) < 4.78 is 56.1. The summed E-state index contributed by atoms with van der Waals surface area (Å²) in [5.41, 5.74) is 2.74. The van der Waals surface area contributed by atoms with Crippen LogP contribution in [-0.4, -0.2) is 117 Å². The number of amides is 1. The molecule has 6 bridgehead atoms. The Bertz CT molecular complexity index is 2840. The van der Waals surface area contributed by atoms with E-state index in [1.54, 1.807) is 37.9 Å². The number of methoxy groups -OCH3 is 1. The summed E-state index contributed by atoms with van der Waals surface area (Å²) in [6, 6.07) is 11.2. The molecule has 9 heterocycles. The van der Waals surface area contributed by atoms with Gasteiger partial charge in [-0.25, -0.2) is 37.5 Å². The van der Waals surface area contributed by atoms with Gasteiger partial charge in [-0.2, -0.15) is 20.2 Å². The average molecular weight is 831 g/mol. The zero-order valence-corrected chi connectivity index (χ0v) is 33.5. The van der Waals surface area contributed by atoms with Crippen LogP contribution in [0.3, 0.4) is 0 Å². The van der Waals surface area contributed by atoms with E-state index in [-0.39, 0.29) is 42.3 Å². The van der Waals surface area contributed by atoms with E-state index in [2.05, 4.69) is 25.4 Å². The molecule has 19 heteroatoms. The molecule has 2 aromatic carbocycles. The van der Waals surface area contributed by atoms with Crippen molar-refractivity contribution < 1.29 is 22.7 Å². The molecule has 5 aromatic heterocycles. The molecule has 5 unspecified atom stereocenters. The van der Waals surface area contributed by atoms with Gasteiger partial charge in [-0.1, -0.05) is 6.07 Å². The number of hydrogen-bond donors (Lipinski definition) is 1. The normalized spacial score (nSPS) is 23.9. The Morgan fingerprint density at radius 2 is 1.70 bits per heavy atom. The van der Waals surface area contributed by atoms with E-state index in [9.17, 15) is 9.18 Å². The van der Waals surface area contributed by atoms with Crippen molar-refractivity contribution >= 4 is 45.6 Å². The number of benzene rings is 2. The molecular weight excluding hydrogens is 790 g/mol. The lowest BCUT2D eigenvalue weighted by molar-refractivity contribution is -0.132. The summed E-state index contributed by atoms with van der Waals surface area (Å²) in [5, 5.41) is 13.1. The van der Waals surface area contributed by atoms with Crippen LogP contribution < -0.4 is 15.1 Å². The molecule has 5 aliphatic rings. The van der Waals surface area contributed by atoms with E-state index in [1.807, 2.05) is 39.3 Å². The first-order valence-corrected chi connectivity index (χ1v) is 20.4. The van der Waals surface area contributed by atoms with Gasteiger partial charge in [-0.15, -0.1) is 0 Å². The Hall–Kier alpha value is -6.63.